The maximum absolute atomic E-state index is 13.3. The van der Waals surface area contributed by atoms with Crippen LogP contribution in [-0.4, -0.2) is 21.8 Å². The molecule has 0 saturated carbocycles. The topological polar surface area (TPSA) is 62.3 Å². The average molecular weight is 316 g/mol. The third kappa shape index (κ3) is 2.87. The van der Waals surface area contributed by atoms with Gasteiger partial charge in [-0.1, -0.05) is 11.6 Å². The van der Waals surface area contributed by atoms with E-state index < -0.39 is 17.7 Å². The second-order valence-corrected chi connectivity index (χ2v) is 5.15. The van der Waals surface area contributed by atoms with E-state index in [9.17, 15) is 18.4 Å². The molecule has 1 aromatic rings. The van der Waals surface area contributed by atoms with Gasteiger partial charge in [-0.05, 0) is 26.0 Å². The number of hydrazine groups is 1. The summed E-state index contributed by atoms with van der Waals surface area (Å²) >= 11 is 5.69. The molecule has 1 aromatic heterocycles. The van der Waals surface area contributed by atoms with Gasteiger partial charge < -0.3 is 0 Å². The molecule has 2 rings (SSSR count). The molecule has 1 aliphatic rings. The molecule has 5 nitrogen and oxygen atoms in total. The number of halogens is 3. The molecule has 0 bridgehead atoms. The minimum atomic E-state index is -3.12. The molecule has 0 fully saturated rings. The fourth-order valence-electron chi connectivity index (χ4n) is 1.77. The Labute approximate surface area is 124 Å². The van der Waals surface area contributed by atoms with E-state index in [1.165, 1.54) is 13.8 Å². The van der Waals surface area contributed by atoms with E-state index in [0.29, 0.717) is 6.92 Å². The zero-order chi connectivity index (χ0) is 15.9. The smallest absolute Gasteiger partial charge is 0.271 e. The second-order valence-electron chi connectivity index (χ2n) is 4.76. The zero-order valence-electron chi connectivity index (χ0n) is 11.5. The van der Waals surface area contributed by atoms with Gasteiger partial charge in [-0.3, -0.25) is 15.0 Å². The molecule has 0 saturated heterocycles. The van der Waals surface area contributed by atoms with Gasteiger partial charge in [-0.25, -0.2) is 13.8 Å². The van der Waals surface area contributed by atoms with E-state index >= 15 is 0 Å². The number of nitrogens with zero attached hydrogens (tertiary/aromatic N) is 2. The number of hydrogen-bond acceptors (Lipinski definition) is 4. The highest BCUT2D eigenvalue weighted by Crippen LogP contribution is 2.30. The summed E-state index contributed by atoms with van der Waals surface area (Å²) in [7, 11) is 0. The number of amides is 2. The molecule has 0 unspecified atom stereocenters. The lowest BCUT2D eigenvalue weighted by Crippen LogP contribution is -2.37. The molecule has 1 N–H and O–H groups in total. The monoisotopic (exact) mass is 315 g/mol. The Morgan fingerprint density at radius 3 is 2.19 bits per heavy atom. The number of rotatable bonds is 3. The molecule has 2 heterocycles. The first kappa shape index (κ1) is 15.4. The fraction of sp³-hybridized carbons (Fsp3) is 0.308. The van der Waals surface area contributed by atoms with Crippen LogP contribution in [-0.2, 0) is 15.5 Å². The van der Waals surface area contributed by atoms with Crippen LogP contribution in [0.1, 0.15) is 26.3 Å². The van der Waals surface area contributed by atoms with E-state index in [2.05, 4.69) is 10.4 Å². The molecule has 2 amide bonds. The minimum absolute atomic E-state index is 0.108. The summed E-state index contributed by atoms with van der Waals surface area (Å²) in [6, 6.07) is 2.06. The molecular weight excluding hydrogens is 304 g/mol. The Balaban J connectivity index is 2.32. The van der Waals surface area contributed by atoms with E-state index in [4.69, 9.17) is 11.6 Å². The molecule has 1 aliphatic heterocycles. The first-order valence-corrected chi connectivity index (χ1v) is 6.38. The number of imide groups is 1. The fourth-order valence-corrected chi connectivity index (χ4v) is 1.98. The summed E-state index contributed by atoms with van der Waals surface area (Å²) in [5.74, 6) is -4.33. The number of hydrogen-bond donors (Lipinski definition) is 1. The standard InChI is InChI=1S/C13H12ClF2N3O2/c1-6-7(2)12(21)19(11(6)20)18-10-5-8(13(3,15)16)4-9(14)17-10/h4-5H,1-3H3,(H,17,18). The molecule has 112 valence electrons. The predicted octanol–water partition coefficient (Wildman–Crippen LogP) is 2.88. The quantitative estimate of drug-likeness (QED) is 0.688. The van der Waals surface area contributed by atoms with Crippen LogP contribution in [0.3, 0.4) is 0 Å². The van der Waals surface area contributed by atoms with Gasteiger partial charge in [0.2, 0.25) is 0 Å². The van der Waals surface area contributed by atoms with Crippen LogP contribution in [0.25, 0.3) is 0 Å². The number of pyridine rings is 1. The van der Waals surface area contributed by atoms with Crippen molar-refractivity contribution in [3.63, 3.8) is 0 Å². The SMILES string of the molecule is CC1=C(C)C(=O)N(Nc2cc(C(C)(F)F)cc(Cl)n2)C1=O. The maximum Gasteiger partial charge on any atom is 0.275 e. The summed E-state index contributed by atoms with van der Waals surface area (Å²) in [6.45, 7) is 3.73. The molecule has 8 heteroatoms. The molecule has 0 radical (unpaired) electrons. The lowest BCUT2D eigenvalue weighted by Gasteiger charge is -2.18. The number of alkyl halides is 2. The predicted molar refractivity (Wildman–Crippen MR) is 72.7 cm³/mol. The van der Waals surface area contributed by atoms with E-state index in [0.717, 1.165) is 17.1 Å². The van der Waals surface area contributed by atoms with Gasteiger partial charge in [0.1, 0.15) is 11.0 Å². The van der Waals surface area contributed by atoms with Crippen LogP contribution in [0.15, 0.2) is 23.3 Å². The van der Waals surface area contributed by atoms with Crippen LogP contribution in [0.2, 0.25) is 5.15 Å². The average Bonchev–Trinajstić information content (AvgIpc) is 2.55. The van der Waals surface area contributed by atoms with Crippen LogP contribution in [0.5, 0.6) is 0 Å². The van der Waals surface area contributed by atoms with E-state index in [-0.39, 0.29) is 27.7 Å². The van der Waals surface area contributed by atoms with Crippen LogP contribution in [0, 0.1) is 0 Å². The highest BCUT2D eigenvalue weighted by atomic mass is 35.5. The van der Waals surface area contributed by atoms with Crippen molar-refractivity contribution in [3.8, 4) is 0 Å². The number of aromatic nitrogens is 1. The molecule has 0 atom stereocenters. The second kappa shape index (κ2) is 5.07. The molecular formula is C13H12ClF2N3O2. The van der Waals surface area contributed by atoms with Gasteiger partial charge >= 0.3 is 0 Å². The summed E-state index contributed by atoms with van der Waals surface area (Å²) < 4.78 is 26.7. The van der Waals surface area contributed by atoms with Crippen molar-refractivity contribution in [2.24, 2.45) is 0 Å². The van der Waals surface area contributed by atoms with Crippen molar-refractivity contribution < 1.29 is 18.4 Å². The molecule has 0 spiro atoms. The number of anilines is 1. The third-order valence-corrected chi connectivity index (χ3v) is 3.33. The summed E-state index contributed by atoms with van der Waals surface area (Å²) in [5.41, 5.74) is 2.62. The Kier molecular flexibility index (Phi) is 3.71. The lowest BCUT2D eigenvalue weighted by molar-refractivity contribution is -0.135. The van der Waals surface area contributed by atoms with E-state index in [1.54, 1.807) is 0 Å². The van der Waals surface area contributed by atoms with Crippen molar-refractivity contribution >= 4 is 29.2 Å². The van der Waals surface area contributed by atoms with Gasteiger partial charge in [-0.15, -0.1) is 0 Å². The normalized spacial score (nSPS) is 16.0. The first-order valence-electron chi connectivity index (χ1n) is 6.00. The highest BCUT2D eigenvalue weighted by molar-refractivity contribution is 6.29. The van der Waals surface area contributed by atoms with Crippen LogP contribution >= 0.6 is 11.6 Å². The third-order valence-electron chi connectivity index (χ3n) is 3.14. The maximum atomic E-state index is 13.3. The minimum Gasteiger partial charge on any atom is -0.271 e. The number of carbonyl (C=O) groups excluding carboxylic acids is 2. The lowest BCUT2D eigenvalue weighted by atomic mass is 10.1. The zero-order valence-corrected chi connectivity index (χ0v) is 12.3. The van der Waals surface area contributed by atoms with Crippen LogP contribution in [0.4, 0.5) is 14.6 Å². The Bertz CT molecular complexity index is 644. The Morgan fingerprint density at radius 1 is 1.19 bits per heavy atom. The summed E-state index contributed by atoms with van der Waals surface area (Å²) in [5, 5.41) is 0.554. The Hall–Kier alpha value is -2.02. The summed E-state index contributed by atoms with van der Waals surface area (Å²) in [4.78, 5) is 27.5. The molecule has 21 heavy (non-hydrogen) atoms. The first-order chi connectivity index (χ1) is 9.61. The Morgan fingerprint density at radius 2 is 1.71 bits per heavy atom. The van der Waals surface area contributed by atoms with E-state index in [1.807, 2.05) is 0 Å². The van der Waals surface area contributed by atoms with Crippen molar-refractivity contribution in [2.45, 2.75) is 26.7 Å². The largest absolute Gasteiger partial charge is 0.275 e. The van der Waals surface area contributed by atoms with Gasteiger partial charge in [0.15, 0.2) is 0 Å². The molecule has 0 aliphatic carbocycles. The van der Waals surface area contributed by atoms with Crippen molar-refractivity contribution in [1.29, 1.82) is 0 Å². The number of nitrogens with one attached hydrogen (secondary N) is 1. The van der Waals surface area contributed by atoms with Gasteiger partial charge in [0.25, 0.3) is 17.7 Å². The van der Waals surface area contributed by atoms with Crippen molar-refractivity contribution in [2.75, 3.05) is 5.43 Å². The number of carbonyl (C=O) groups is 2. The highest BCUT2D eigenvalue weighted by Gasteiger charge is 2.34. The van der Waals surface area contributed by atoms with Crippen molar-refractivity contribution in [1.82, 2.24) is 9.99 Å². The molecule has 0 aromatic carbocycles. The van der Waals surface area contributed by atoms with Gasteiger partial charge in [-0.2, -0.15) is 5.01 Å². The van der Waals surface area contributed by atoms with Crippen LogP contribution < -0.4 is 5.43 Å². The van der Waals surface area contributed by atoms with Gasteiger partial charge in [0, 0.05) is 23.6 Å². The van der Waals surface area contributed by atoms with Gasteiger partial charge in [0.05, 0.1) is 0 Å². The summed E-state index contributed by atoms with van der Waals surface area (Å²) in [6.07, 6.45) is 0. The van der Waals surface area contributed by atoms with Crippen molar-refractivity contribution in [3.05, 3.63) is 34.0 Å².